The molecule has 1 aromatic heterocycles. The molecule has 7 heteroatoms. The third kappa shape index (κ3) is 2.60. The molecule has 0 aliphatic carbocycles. The number of hydrogen-bond acceptors (Lipinski definition) is 4. The number of alkyl halides is 2. The van der Waals surface area contributed by atoms with Crippen molar-refractivity contribution >= 4 is 5.91 Å². The lowest BCUT2D eigenvalue weighted by atomic mass is 10.1. The summed E-state index contributed by atoms with van der Waals surface area (Å²) in [6.45, 7) is 3.48. The number of halogens is 2. The molecule has 0 spiro atoms. The Kier molecular flexibility index (Phi) is 3.58. The topological polar surface area (TPSA) is 66.6 Å². The molecule has 0 saturated carbocycles. The summed E-state index contributed by atoms with van der Waals surface area (Å²) in [6.07, 6.45) is -3.00. The van der Waals surface area contributed by atoms with Crippen LogP contribution in [-0.2, 0) is 0 Å². The Morgan fingerprint density at radius 3 is 2.74 bits per heavy atom. The van der Waals surface area contributed by atoms with Crippen molar-refractivity contribution in [3.8, 4) is 0 Å². The fraction of sp³-hybridized carbons (Fsp3) is 0.667. The van der Waals surface area contributed by atoms with Crippen LogP contribution in [0, 0.1) is 0 Å². The Hall–Kier alpha value is -1.50. The lowest BCUT2D eigenvalue weighted by molar-refractivity contribution is -0.0856. The smallest absolute Gasteiger partial charge is 0.276 e. The summed E-state index contributed by atoms with van der Waals surface area (Å²) in [4.78, 5) is 13.2. The van der Waals surface area contributed by atoms with Crippen LogP contribution in [-0.4, -0.2) is 46.2 Å². The molecule has 0 radical (unpaired) electrons. The van der Waals surface area contributed by atoms with Crippen molar-refractivity contribution in [3.05, 3.63) is 17.5 Å². The van der Waals surface area contributed by atoms with Gasteiger partial charge in [-0.05, 0) is 0 Å². The molecule has 1 unspecified atom stereocenters. The largest absolute Gasteiger partial charge is 0.382 e. The molecule has 1 aliphatic heterocycles. The quantitative estimate of drug-likeness (QED) is 0.910. The van der Waals surface area contributed by atoms with E-state index >= 15 is 0 Å². The summed E-state index contributed by atoms with van der Waals surface area (Å²) in [6, 6.07) is 1.51. The van der Waals surface area contributed by atoms with Gasteiger partial charge in [0.25, 0.3) is 12.3 Å². The Morgan fingerprint density at radius 2 is 2.26 bits per heavy atom. The van der Waals surface area contributed by atoms with Crippen molar-refractivity contribution in [2.75, 3.05) is 13.1 Å². The molecule has 2 heterocycles. The van der Waals surface area contributed by atoms with E-state index < -0.39 is 17.9 Å². The van der Waals surface area contributed by atoms with E-state index in [2.05, 4.69) is 5.16 Å². The number of nitrogens with zero attached hydrogens (tertiary/aromatic N) is 2. The molecule has 0 bridgehead atoms. The third-order valence-corrected chi connectivity index (χ3v) is 3.29. The van der Waals surface area contributed by atoms with Gasteiger partial charge in [-0.2, -0.15) is 0 Å². The Morgan fingerprint density at radius 1 is 1.58 bits per heavy atom. The van der Waals surface area contributed by atoms with Crippen molar-refractivity contribution in [2.24, 2.45) is 0 Å². The lowest BCUT2D eigenvalue weighted by Crippen LogP contribution is -2.41. The van der Waals surface area contributed by atoms with Crippen molar-refractivity contribution < 1.29 is 23.2 Å². The van der Waals surface area contributed by atoms with Gasteiger partial charge in [-0.1, -0.05) is 19.0 Å². The van der Waals surface area contributed by atoms with E-state index in [9.17, 15) is 18.7 Å². The average molecular weight is 274 g/mol. The second kappa shape index (κ2) is 4.88. The standard InChI is InChI=1S/C12H16F2N2O3/c1-7(2)9-5-8(15-19-9)10(17)16-4-3-12(18,6-16)11(13)14/h5,7,11,18H,3-4,6H2,1-2H3. The molecular formula is C12H16F2N2O3. The van der Waals surface area contributed by atoms with Gasteiger partial charge < -0.3 is 14.5 Å². The Labute approximate surface area is 109 Å². The summed E-state index contributed by atoms with van der Waals surface area (Å²) in [5.74, 6) is 0.157. The van der Waals surface area contributed by atoms with Gasteiger partial charge in [0.15, 0.2) is 5.69 Å². The predicted molar refractivity (Wildman–Crippen MR) is 62.1 cm³/mol. The fourth-order valence-electron chi connectivity index (χ4n) is 1.99. The van der Waals surface area contributed by atoms with Crippen molar-refractivity contribution in [1.29, 1.82) is 0 Å². The molecule has 1 N–H and O–H groups in total. The summed E-state index contributed by atoms with van der Waals surface area (Å²) in [5.41, 5.74) is -2.03. The maximum Gasteiger partial charge on any atom is 0.276 e. The van der Waals surface area contributed by atoms with Crippen LogP contribution >= 0.6 is 0 Å². The highest BCUT2D eigenvalue weighted by atomic mass is 19.3. The number of carbonyl (C=O) groups is 1. The molecule has 5 nitrogen and oxygen atoms in total. The van der Waals surface area contributed by atoms with Gasteiger partial charge in [0, 0.05) is 24.9 Å². The second-order valence-electron chi connectivity index (χ2n) is 5.15. The normalized spacial score (nSPS) is 23.6. The number of β-amino-alcohol motifs (C(OH)–C–C–N with tert-alkyl or cyclic N) is 1. The van der Waals surface area contributed by atoms with Crippen molar-refractivity contribution in [2.45, 2.75) is 38.2 Å². The number of rotatable bonds is 3. The van der Waals surface area contributed by atoms with Crippen LogP contribution in [0.5, 0.6) is 0 Å². The second-order valence-corrected chi connectivity index (χ2v) is 5.15. The van der Waals surface area contributed by atoms with Crippen LogP contribution in [0.25, 0.3) is 0 Å². The molecular weight excluding hydrogens is 258 g/mol. The van der Waals surface area contributed by atoms with Gasteiger partial charge in [0.1, 0.15) is 11.4 Å². The average Bonchev–Trinajstić information content (AvgIpc) is 2.95. The van der Waals surface area contributed by atoms with Gasteiger partial charge in [0.2, 0.25) is 0 Å². The van der Waals surface area contributed by atoms with Crippen LogP contribution in [0.3, 0.4) is 0 Å². The van der Waals surface area contributed by atoms with Crippen LogP contribution < -0.4 is 0 Å². The summed E-state index contributed by atoms with van der Waals surface area (Å²) >= 11 is 0. The van der Waals surface area contributed by atoms with Gasteiger partial charge in [0.05, 0.1) is 6.54 Å². The summed E-state index contributed by atoms with van der Waals surface area (Å²) in [7, 11) is 0. The van der Waals surface area contributed by atoms with Gasteiger partial charge >= 0.3 is 0 Å². The van der Waals surface area contributed by atoms with E-state index in [1.807, 2.05) is 13.8 Å². The van der Waals surface area contributed by atoms with E-state index in [-0.39, 0.29) is 31.1 Å². The number of likely N-dealkylation sites (tertiary alicyclic amines) is 1. The molecule has 1 aliphatic rings. The van der Waals surface area contributed by atoms with E-state index in [1.165, 1.54) is 11.0 Å². The predicted octanol–water partition coefficient (Wildman–Crippen LogP) is 1.64. The molecule has 106 valence electrons. The molecule has 2 rings (SSSR count). The van der Waals surface area contributed by atoms with E-state index in [4.69, 9.17) is 4.52 Å². The Balaban J connectivity index is 2.09. The lowest BCUT2D eigenvalue weighted by Gasteiger charge is -2.21. The van der Waals surface area contributed by atoms with Crippen LogP contribution in [0.2, 0.25) is 0 Å². The first-order valence-electron chi connectivity index (χ1n) is 6.10. The van der Waals surface area contributed by atoms with E-state index in [1.54, 1.807) is 0 Å². The minimum absolute atomic E-state index is 0.0854. The van der Waals surface area contributed by atoms with Gasteiger partial charge in [-0.25, -0.2) is 8.78 Å². The SMILES string of the molecule is CC(C)c1cc(C(=O)N2CCC(O)(C(F)F)C2)no1. The van der Waals surface area contributed by atoms with E-state index in [0.717, 1.165) is 0 Å². The Bertz CT molecular complexity index is 475. The minimum Gasteiger partial charge on any atom is -0.382 e. The molecule has 19 heavy (non-hydrogen) atoms. The van der Waals surface area contributed by atoms with Crippen LogP contribution in [0.1, 0.15) is 42.4 Å². The highest BCUT2D eigenvalue weighted by Crippen LogP contribution is 2.28. The first-order valence-corrected chi connectivity index (χ1v) is 6.10. The monoisotopic (exact) mass is 274 g/mol. The van der Waals surface area contributed by atoms with E-state index in [0.29, 0.717) is 5.76 Å². The zero-order valence-electron chi connectivity index (χ0n) is 10.8. The molecule has 1 amide bonds. The molecule has 1 fully saturated rings. The first kappa shape index (κ1) is 13.9. The third-order valence-electron chi connectivity index (χ3n) is 3.29. The van der Waals surface area contributed by atoms with Gasteiger partial charge in [-0.3, -0.25) is 4.79 Å². The molecule has 1 aromatic rings. The number of amides is 1. The number of hydrogen-bond donors (Lipinski definition) is 1. The molecule has 1 atom stereocenters. The summed E-state index contributed by atoms with van der Waals surface area (Å²) < 4.78 is 30.3. The fourth-order valence-corrected chi connectivity index (χ4v) is 1.99. The zero-order chi connectivity index (χ0) is 14.2. The maximum atomic E-state index is 12.7. The minimum atomic E-state index is -2.87. The summed E-state index contributed by atoms with van der Waals surface area (Å²) in [5, 5.41) is 13.3. The number of carbonyl (C=O) groups excluding carboxylic acids is 1. The van der Waals surface area contributed by atoms with Crippen molar-refractivity contribution in [3.63, 3.8) is 0 Å². The number of aliphatic hydroxyl groups is 1. The van der Waals surface area contributed by atoms with Crippen LogP contribution in [0.15, 0.2) is 10.6 Å². The van der Waals surface area contributed by atoms with Crippen molar-refractivity contribution in [1.82, 2.24) is 10.1 Å². The molecule has 1 saturated heterocycles. The van der Waals surface area contributed by atoms with Gasteiger partial charge in [-0.15, -0.1) is 0 Å². The highest BCUT2D eigenvalue weighted by molar-refractivity contribution is 5.92. The first-order chi connectivity index (χ1) is 8.83. The zero-order valence-corrected chi connectivity index (χ0v) is 10.8. The highest BCUT2D eigenvalue weighted by Gasteiger charge is 2.46. The number of aromatic nitrogens is 1. The maximum absolute atomic E-state index is 12.7. The molecule has 0 aromatic carbocycles. The van der Waals surface area contributed by atoms with Crippen LogP contribution in [0.4, 0.5) is 8.78 Å².